The van der Waals surface area contributed by atoms with Gasteiger partial charge in [-0.15, -0.1) is 0 Å². The fourth-order valence-corrected chi connectivity index (χ4v) is 2.76. The van der Waals surface area contributed by atoms with Crippen LogP contribution in [0.4, 0.5) is 0 Å². The molecule has 2 aromatic carbocycles. The Balaban J connectivity index is 2.36. The van der Waals surface area contributed by atoms with Crippen LogP contribution in [0.5, 0.6) is 0 Å². The minimum atomic E-state index is -0.861. The molecule has 5 nitrogen and oxygen atoms in total. The van der Waals surface area contributed by atoms with Gasteiger partial charge in [0.25, 0.3) is 5.91 Å². The second-order valence-electron chi connectivity index (χ2n) is 6.18. The van der Waals surface area contributed by atoms with Gasteiger partial charge >= 0.3 is 0 Å². The van der Waals surface area contributed by atoms with Crippen molar-refractivity contribution >= 4 is 17.6 Å². The molecular weight excluding hydrogens is 316 g/mol. The van der Waals surface area contributed by atoms with E-state index in [2.05, 4.69) is 0 Å². The molecule has 0 bridgehead atoms. The molecule has 130 valence electrons. The van der Waals surface area contributed by atoms with Gasteiger partial charge in [0, 0.05) is 11.1 Å². The third-order valence-electron chi connectivity index (χ3n) is 3.95. The molecule has 0 aromatic heterocycles. The number of carbonyl (C=O) groups is 3. The molecule has 0 radical (unpaired) electrons. The van der Waals surface area contributed by atoms with E-state index in [1.165, 1.54) is 4.90 Å². The normalized spacial score (nSPS) is 11.8. The maximum Gasteiger partial charge on any atom is 0.254 e. The largest absolute Gasteiger partial charge is 0.368 e. The molecule has 0 fully saturated rings. The molecule has 0 unspecified atom stereocenters. The number of amides is 2. The molecule has 0 aliphatic heterocycles. The molecule has 0 aliphatic carbocycles. The van der Waals surface area contributed by atoms with Crippen molar-refractivity contribution in [1.29, 1.82) is 0 Å². The number of primary amides is 1. The molecule has 25 heavy (non-hydrogen) atoms. The van der Waals surface area contributed by atoms with Crippen LogP contribution < -0.4 is 5.73 Å². The Bertz CT molecular complexity index is 742. The predicted molar refractivity (Wildman–Crippen MR) is 96.1 cm³/mol. The van der Waals surface area contributed by atoms with E-state index in [1.807, 2.05) is 6.07 Å². The average molecular weight is 338 g/mol. The molecule has 1 atom stereocenters. The van der Waals surface area contributed by atoms with Crippen LogP contribution in [0.25, 0.3) is 0 Å². The van der Waals surface area contributed by atoms with Gasteiger partial charge in [-0.1, -0.05) is 62.4 Å². The van der Waals surface area contributed by atoms with E-state index in [4.69, 9.17) is 5.73 Å². The number of benzene rings is 2. The summed E-state index contributed by atoms with van der Waals surface area (Å²) in [5.41, 5.74) is 6.42. The SMILES string of the molecule is CC(C)[C@H](C(N)=O)N(CC(=O)c1ccccc1)C(=O)c1ccccc1. The standard InChI is InChI=1S/C20H22N2O3/c1-14(2)18(19(21)24)22(20(25)16-11-7-4-8-12-16)13-17(23)15-9-5-3-6-10-15/h3-12,14,18H,13H2,1-2H3,(H2,21,24)/t18-/m1/s1. The lowest BCUT2D eigenvalue weighted by molar-refractivity contribution is -0.123. The Morgan fingerprint density at radius 2 is 1.36 bits per heavy atom. The summed E-state index contributed by atoms with van der Waals surface area (Å²) in [6.07, 6.45) is 0. The van der Waals surface area contributed by atoms with Gasteiger partial charge in [-0.05, 0) is 18.1 Å². The highest BCUT2D eigenvalue weighted by Gasteiger charge is 2.33. The number of rotatable bonds is 7. The van der Waals surface area contributed by atoms with Crippen molar-refractivity contribution in [2.75, 3.05) is 6.54 Å². The zero-order chi connectivity index (χ0) is 18.4. The second-order valence-corrected chi connectivity index (χ2v) is 6.18. The van der Waals surface area contributed by atoms with Crippen LogP contribution in [0.1, 0.15) is 34.6 Å². The highest BCUT2D eigenvalue weighted by atomic mass is 16.2. The lowest BCUT2D eigenvalue weighted by Crippen LogP contribution is -2.52. The number of Topliss-reactive ketones (excluding diaryl/α,β-unsaturated/α-hetero) is 1. The summed E-state index contributed by atoms with van der Waals surface area (Å²) in [5.74, 6) is -1.46. The average Bonchev–Trinajstić information content (AvgIpc) is 2.61. The fraction of sp³-hybridized carbons (Fsp3) is 0.250. The third-order valence-corrected chi connectivity index (χ3v) is 3.95. The molecule has 0 saturated heterocycles. The van der Waals surface area contributed by atoms with Crippen molar-refractivity contribution in [3.05, 3.63) is 71.8 Å². The smallest absolute Gasteiger partial charge is 0.254 e. The van der Waals surface area contributed by atoms with Crippen LogP contribution in [-0.4, -0.2) is 35.1 Å². The zero-order valence-corrected chi connectivity index (χ0v) is 14.4. The summed E-state index contributed by atoms with van der Waals surface area (Å²) in [5, 5.41) is 0. The Hall–Kier alpha value is -2.95. The highest BCUT2D eigenvalue weighted by Crippen LogP contribution is 2.16. The first-order valence-electron chi connectivity index (χ1n) is 8.15. The Kier molecular flexibility index (Phi) is 6.06. The number of nitrogens with zero attached hydrogens (tertiary/aromatic N) is 1. The van der Waals surface area contributed by atoms with Crippen LogP contribution in [0.2, 0.25) is 0 Å². The maximum atomic E-state index is 12.9. The molecule has 2 N–H and O–H groups in total. The summed E-state index contributed by atoms with van der Waals surface area (Å²) in [6.45, 7) is 3.39. The van der Waals surface area contributed by atoms with Gasteiger partial charge < -0.3 is 10.6 Å². The lowest BCUT2D eigenvalue weighted by atomic mass is 9.99. The van der Waals surface area contributed by atoms with Gasteiger partial charge in [0.05, 0.1) is 6.54 Å². The molecular formula is C20H22N2O3. The topological polar surface area (TPSA) is 80.5 Å². The fourth-order valence-electron chi connectivity index (χ4n) is 2.76. The summed E-state index contributed by atoms with van der Waals surface area (Å²) < 4.78 is 0. The number of ketones is 1. The van der Waals surface area contributed by atoms with Crippen molar-refractivity contribution in [3.63, 3.8) is 0 Å². The highest BCUT2D eigenvalue weighted by molar-refractivity contribution is 6.03. The number of carbonyl (C=O) groups excluding carboxylic acids is 3. The summed E-state index contributed by atoms with van der Waals surface area (Å²) in [6, 6.07) is 16.4. The molecule has 0 spiro atoms. The molecule has 2 amide bonds. The van der Waals surface area contributed by atoms with E-state index in [9.17, 15) is 14.4 Å². The van der Waals surface area contributed by atoms with Gasteiger partial charge in [-0.3, -0.25) is 14.4 Å². The Morgan fingerprint density at radius 1 is 0.880 bits per heavy atom. The van der Waals surface area contributed by atoms with Gasteiger partial charge in [0.1, 0.15) is 6.04 Å². The summed E-state index contributed by atoms with van der Waals surface area (Å²) in [7, 11) is 0. The second kappa shape index (κ2) is 8.24. The van der Waals surface area contributed by atoms with Crippen LogP contribution >= 0.6 is 0 Å². The molecule has 5 heteroatoms. The minimum Gasteiger partial charge on any atom is -0.368 e. The molecule has 0 heterocycles. The van der Waals surface area contributed by atoms with E-state index < -0.39 is 11.9 Å². The van der Waals surface area contributed by atoms with Gasteiger partial charge in [0.15, 0.2) is 5.78 Å². The van der Waals surface area contributed by atoms with E-state index >= 15 is 0 Å². The van der Waals surface area contributed by atoms with Crippen molar-refractivity contribution in [1.82, 2.24) is 4.90 Å². The van der Waals surface area contributed by atoms with Gasteiger partial charge in [0.2, 0.25) is 5.91 Å². The first kappa shape index (κ1) is 18.4. The number of hydrogen-bond acceptors (Lipinski definition) is 3. The Labute approximate surface area is 147 Å². The van der Waals surface area contributed by atoms with Crippen molar-refractivity contribution in [2.45, 2.75) is 19.9 Å². The van der Waals surface area contributed by atoms with E-state index in [-0.39, 0.29) is 24.2 Å². The molecule has 2 aromatic rings. The monoisotopic (exact) mass is 338 g/mol. The van der Waals surface area contributed by atoms with E-state index in [0.717, 1.165) is 0 Å². The van der Waals surface area contributed by atoms with Gasteiger partial charge in [-0.25, -0.2) is 0 Å². The minimum absolute atomic E-state index is 0.205. The molecule has 0 saturated carbocycles. The van der Waals surface area contributed by atoms with Gasteiger partial charge in [-0.2, -0.15) is 0 Å². The quantitative estimate of drug-likeness (QED) is 0.788. The summed E-state index contributed by atoms with van der Waals surface area (Å²) >= 11 is 0. The van der Waals surface area contributed by atoms with E-state index in [0.29, 0.717) is 11.1 Å². The third kappa shape index (κ3) is 4.53. The number of hydrogen-bond donors (Lipinski definition) is 1. The zero-order valence-electron chi connectivity index (χ0n) is 14.4. The first-order valence-corrected chi connectivity index (χ1v) is 8.15. The van der Waals surface area contributed by atoms with Crippen molar-refractivity contribution in [3.8, 4) is 0 Å². The Morgan fingerprint density at radius 3 is 1.80 bits per heavy atom. The maximum absolute atomic E-state index is 12.9. The molecule has 2 rings (SSSR count). The van der Waals surface area contributed by atoms with Crippen LogP contribution in [0.3, 0.4) is 0 Å². The van der Waals surface area contributed by atoms with Crippen molar-refractivity contribution in [2.24, 2.45) is 11.7 Å². The molecule has 0 aliphatic rings. The van der Waals surface area contributed by atoms with Crippen LogP contribution in [-0.2, 0) is 4.79 Å². The van der Waals surface area contributed by atoms with E-state index in [1.54, 1.807) is 68.4 Å². The predicted octanol–water partition coefficient (Wildman–Crippen LogP) is 2.52. The lowest BCUT2D eigenvalue weighted by Gasteiger charge is -2.32. The van der Waals surface area contributed by atoms with Crippen LogP contribution in [0, 0.1) is 5.92 Å². The summed E-state index contributed by atoms with van der Waals surface area (Å²) in [4.78, 5) is 38.8. The number of nitrogens with two attached hydrogens (primary N) is 1. The van der Waals surface area contributed by atoms with Crippen molar-refractivity contribution < 1.29 is 14.4 Å². The first-order chi connectivity index (χ1) is 11.9. The van der Waals surface area contributed by atoms with Crippen LogP contribution in [0.15, 0.2) is 60.7 Å².